The van der Waals surface area contributed by atoms with E-state index in [1.165, 1.54) is 19.3 Å². The van der Waals surface area contributed by atoms with Crippen LogP contribution < -0.4 is 14.8 Å². The maximum Gasteiger partial charge on any atom is 0.253 e. The number of nitrogens with one attached hydrogen (secondary N) is 1. The van der Waals surface area contributed by atoms with Crippen LogP contribution in [0.5, 0.6) is 11.5 Å². The van der Waals surface area contributed by atoms with Crippen molar-refractivity contribution in [3.63, 3.8) is 0 Å². The number of hydrogen-bond donors (Lipinski definition) is 1. The van der Waals surface area contributed by atoms with Gasteiger partial charge >= 0.3 is 0 Å². The molecule has 5 nitrogen and oxygen atoms in total. The predicted octanol–water partition coefficient (Wildman–Crippen LogP) is 3.83. The third kappa shape index (κ3) is 4.10. The summed E-state index contributed by atoms with van der Waals surface area (Å²) in [6.07, 6.45) is 9.14. The van der Waals surface area contributed by atoms with Crippen molar-refractivity contribution in [2.75, 3.05) is 14.2 Å². The molecule has 3 rings (SSSR count). The van der Waals surface area contributed by atoms with Gasteiger partial charge in [0.25, 0.3) is 5.91 Å². The number of carbonyl (C=O) groups is 1. The van der Waals surface area contributed by atoms with Crippen LogP contribution >= 0.6 is 0 Å². The maximum atomic E-state index is 12.5. The van der Waals surface area contributed by atoms with Gasteiger partial charge in [-0.15, -0.1) is 0 Å². The van der Waals surface area contributed by atoms with E-state index in [1.54, 1.807) is 26.6 Å². The Labute approximate surface area is 148 Å². The number of benzene rings is 1. The standard InChI is InChI=1S/C20H24N2O3/c1-24-18-9-8-14(11-19(18)25-2)15-10-16(13-21-12-15)20(23)22-17-6-4-3-5-7-17/h8-13,17H,3-7H2,1-2H3,(H,22,23). The summed E-state index contributed by atoms with van der Waals surface area (Å²) in [4.78, 5) is 16.8. The van der Waals surface area contributed by atoms with Crippen LogP contribution in [0, 0.1) is 0 Å². The highest BCUT2D eigenvalue weighted by molar-refractivity contribution is 5.95. The normalized spacial score (nSPS) is 14.8. The molecule has 1 aliphatic carbocycles. The van der Waals surface area contributed by atoms with Crippen LogP contribution in [0.2, 0.25) is 0 Å². The Morgan fingerprint density at radius 1 is 1.00 bits per heavy atom. The second-order valence-electron chi connectivity index (χ2n) is 6.34. The lowest BCUT2D eigenvalue weighted by molar-refractivity contribution is 0.0927. The number of methoxy groups -OCH3 is 2. The summed E-state index contributed by atoms with van der Waals surface area (Å²) < 4.78 is 10.6. The molecule has 1 saturated carbocycles. The SMILES string of the molecule is COc1ccc(-c2cncc(C(=O)NC3CCCCC3)c2)cc1OC. The number of carbonyl (C=O) groups excluding carboxylic acids is 1. The molecule has 0 radical (unpaired) electrons. The molecule has 1 heterocycles. The first kappa shape index (κ1) is 17.3. The fourth-order valence-corrected chi connectivity index (χ4v) is 3.25. The van der Waals surface area contributed by atoms with E-state index >= 15 is 0 Å². The van der Waals surface area contributed by atoms with Crippen LogP contribution in [0.15, 0.2) is 36.7 Å². The van der Waals surface area contributed by atoms with Crippen molar-refractivity contribution < 1.29 is 14.3 Å². The number of pyridine rings is 1. The predicted molar refractivity (Wildman–Crippen MR) is 97.1 cm³/mol. The van der Waals surface area contributed by atoms with Gasteiger partial charge in [-0.1, -0.05) is 25.3 Å². The number of ether oxygens (including phenoxy) is 2. The van der Waals surface area contributed by atoms with Gasteiger partial charge in [0.15, 0.2) is 11.5 Å². The minimum atomic E-state index is -0.0540. The summed E-state index contributed by atoms with van der Waals surface area (Å²) in [5.41, 5.74) is 2.38. The molecule has 1 aromatic carbocycles. The van der Waals surface area contributed by atoms with Crippen molar-refractivity contribution in [3.05, 3.63) is 42.2 Å². The van der Waals surface area contributed by atoms with Crippen LogP contribution in [0.3, 0.4) is 0 Å². The van der Waals surface area contributed by atoms with E-state index in [9.17, 15) is 4.79 Å². The van der Waals surface area contributed by atoms with Gasteiger partial charge < -0.3 is 14.8 Å². The van der Waals surface area contributed by atoms with Crippen molar-refractivity contribution in [2.45, 2.75) is 38.1 Å². The molecule has 0 bridgehead atoms. The third-order valence-corrected chi connectivity index (χ3v) is 4.66. The lowest BCUT2D eigenvalue weighted by atomic mass is 9.95. The molecular weight excluding hydrogens is 316 g/mol. The molecule has 1 amide bonds. The molecule has 0 unspecified atom stereocenters. The molecule has 0 aliphatic heterocycles. The van der Waals surface area contributed by atoms with E-state index in [2.05, 4.69) is 10.3 Å². The van der Waals surface area contributed by atoms with E-state index in [-0.39, 0.29) is 11.9 Å². The number of nitrogens with zero attached hydrogens (tertiary/aromatic N) is 1. The van der Waals surface area contributed by atoms with Gasteiger partial charge in [-0.25, -0.2) is 0 Å². The van der Waals surface area contributed by atoms with E-state index in [0.29, 0.717) is 17.1 Å². The molecule has 0 saturated heterocycles. The first-order chi connectivity index (χ1) is 12.2. The Morgan fingerprint density at radius 3 is 2.48 bits per heavy atom. The van der Waals surface area contributed by atoms with Gasteiger partial charge in [0.05, 0.1) is 19.8 Å². The average molecular weight is 340 g/mol. The molecule has 25 heavy (non-hydrogen) atoms. The number of rotatable bonds is 5. The van der Waals surface area contributed by atoms with Crippen molar-refractivity contribution in [1.82, 2.24) is 10.3 Å². The van der Waals surface area contributed by atoms with E-state index in [0.717, 1.165) is 24.0 Å². The van der Waals surface area contributed by atoms with Gasteiger partial charge in [0.2, 0.25) is 0 Å². The molecule has 2 aromatic rings. The lowest BCUT2D eigenvalue weighted by Crippen LogP contribution is -2.36. The highest BCUT2D eigenvalue weighted by Crippen LogP contribution is 2.32. The lowest BCUT2D eigenvalue weighted by Gasteiger charge is -2.22. The van der Waals surface area contributed by atoms with E-state index in [1.807, 2.05) is 24.3 Å². The summed E-state index contributed by atoms with van der Waals surface area (Å²) in [5.74, 6) is 1.27. The molecule has 1 fully saturated rings. The first-order valence-corrected chi connectivity index (χ1v) is 8.69. The zero-order chi connectivity index (χ0) is 17.6. The topological polar surface area (TPSA) is 60.5 Å². The van der Waals surface area contributed by atoms with Gasteiger partial charge in [-0.05, 0) is 36.6 Å². The van der Waals surface area contributed by atoms with Crippen molar-refractivity contribution >= 4 is 5.91 Å². The van der Waals surface area contributed by atoms with Gasteiger partial charge in [0, 0.05) is 24.0 Å². The second kappa shape index (κ2) is 8.01. The third-order valence-electron chi connectivity index (χ3n) is 4.66. The Kier molecular flexibility index (Phi) is 5.53. The van der Waals surface area contributed by atoms with Crippen LogP contribution in [0.25, 0.3) is 11.1 Å². The Hall–Kier alpha value is -2.56. The molecule has 1 N–H and O–H groups in total. The Bertz CT molecular complexity index is 739. The average Bonchev–Trinajstić information content (AvgIpc) is 2.68. The molecular formula is C20H24N2O3. The van der Waals surface area contributed by atoms with Crippen LogP contribution in [0.1, 0.15) is 42.5 Å². The Balaban J connectivity index is 1.80. The zero-order valence-corrected chi connectivity index (χ0v) is 14.7. The number of aromatic nitrogens is 1. The fraction of sp³-hybridized carbons (Fsp3) is 0.400. The van der Waals surface area contributed by atoms with Gasteiger partial charge in [-0.3, -0.25) is 9.78 Å². The maximum absolute atomic E-state index is 12.5. The zero-order valence-electron chi connectivity index (χ0n) is 14.7. The summed E-state index contributed by atoms with van der Waals surface area (Å²) >= 11 is 0. The quantitative estimate of drug-likeness (QED) is 0.899. The second-order valence-corrected chi connectivity index (χ2v) is 6.34. The highest BCUT2D eigenvalue weighted by Gasteiger charge is 2.17. The van der Waals surface area contributed by atoms with Crippen LogP contribution in [-0.4, -0.2) is 31.2 Å². The summed E-state index contributed by atoms with van der Waals surface area (Å²) in [6.45, 7) is 0. The monoisotopic (exact) mass is 340 g/mol. The first-order valence-electron chi connectivity index (χ1n) is 8.69. The van der Waals surface area contributed by atoms with E-state index in [4.69, 9.17) is 9.47 Å². The molecule has 1 aromatic heterocycles. The molecule has 0 atom stereocenters. The Morgan fingerprint density at radius 2 is 1.76 bits per heavy atom. The van der Waals surface area contributed by atoms with Crippen LogP contribution in [-0.2, 0) is 0 Å². The summed E-state index contributed by atoms with van der Waals surface area (Å²) in [7, 11) is 3.21. The van der Waals surface area contributed by atoms with Gasteiger partial charge in [-0.2, -0.15) is 0 Å². The van der Waals surface area contributed by atoms with Gasteiger partial charge in [0.1, 0.15) is 0 Å². The molecule has 0 spiro atoms. The van der Waals surface area contributed by atoms with Crippen molar-refractivity contribution in [2.24, 2.45) is 0 Å². The van der Waals surface area contributed by atoms with E-state index < -0.39 is 0 Å². The summed E-state index contributed by atoms with van der Waals surface area (Å²) in [6, 6.07) is 7.82. The van der Waals surface area contributed by atoms with Crippen molar-refractivity contribution in [1.29, 1.82) is 0 Å². The molecule has 132 valence electrons. The number of amides is 1. The van der Waals surface area contributed by atoms with Crippen molar-refractivity contribution in [3.8, 4) is 22.6 Å². The molecule has 1 aliphatic rings. The summed E-state index contributed by atoms with van der Waals surface area (Å²) in [5, 5.41) is 3.13. The van der Waals surface area contributed by atoms with Crippen LogP contribution in [0.4, 0.5) is 0 Å². The number of hydrogen-bond acceptors (Lipinski definition) is 4. The molecule has 5 heteroatoms. The minimum absolute atomic E-state index is 0.0540. The highest BCUT2D eigenvalue weighted by atomic mass is 16.5. The largest absolute Gasteiger partial charge is 0.493 e. The fourth-order valence-electron chi connectivity index (χ4n) is 3.25. The minimum Gasteiger partial charge on any atom is -0.493 e. The smallest absolute Gasteiger partial charge is 0.253 e.